The first-order valence-electron chi connectivity index (χ1n) is 16.5. The summed E-state index contributed by atoms with van der Waals surface area (Å²) < 4.78 is 0. The normalized spacial score (nSPS) is 15.3. The Morgan fingerprint density at radius 2 is 1.21 bits per heavy atom. The molecule has 244 valence electrons. The van der Waals surface area contributed by atoms with E-state index in [1.165, 1.54) is 6.92 Å². The number of hydrogen-bond acceptors (Lipinski definition) is 5. The SMILES string of the molecule is CC(=O)C(Cc1ccccc1)NC(=O)C(CCc1ccccc1)NC(=O)C(Cc1ccc2ccccc2c1)NC(=O)C1CCNCC1. The monoisotopic (exact) mass is 632 g/mol. The molecule has 1 aliphatic heterocycles. The van der Waals surface area contributed by atoms with Crippen molar-refractivity contribution in [3.05, 3.63) is 120 Å². The largest absolute Gasteiger partial charge is 0.344 e. The second-order valence-electron chi connectivity index (χ2n) is 12.4. The maximum atomic E-state index is 14.1. The first kappa shape index (κ1) is 33.5. The number of Topliss-reactive ketones (excluding diaryl/α,β-unsaturated/α-hetero) is 1. The van der Waals surface area contributed by atoms with E-state index in [4.69, 9.17) is 0 Å². The summed E-state index contributed by atoms with van der Waals surface area (Å²) >= 11 is 0. The molecular weight excluding hydrogens is 588 g/mol. The Kier molecular flexibility index (Phi) is 11.9. The Hall–Kier alpha value is -4.82. The molecule has 0 bridgehead atoms. The average molecular weight is 633 g/mol. The van der Waals surface area contributed by atoms with Crippen LogP contribution in [0.25, 0.3) is 10.8 Å². The van der Waals surface area contributed by atoms with E-state index < -0.39 is 29.9 Å². The highest BCUT2D eigenvalue weighted by molar-refractivity contribution is 5.95. The van der Waals surface area contributed by atoms with Crippen molar-refractivity contribution >= 4 is 34.3 Å². The number of carbonyl (C=O) groups excluding carboxylic acids is 4. The van der Waals surface area contributed by atoms with E-state index in [1.54, 1.807) is 0 Å². The van der Waals surface area contributed by atoms with Gasteiger partial charge < -0.3 is 21.3 Å². The quantitative estimate of drug-likeness (QED) is 0.166. The molecular formula is C39H44N4O4. The molecule has 1 fully saturated rings. The van der Waals surface area contributed by atoms with E-state index in [1.807, 2.05) is 103 Å². The molecule has 0 aliphatic carbocycles. The number of piperidine rings is 1. The van der Waals surface area contributed by atoms with Crippen molar-refractivity contribution < 1.29 is 19.2 Å². The lowest BCUT2D eigenvalue weighted by atomic mass is 9.95. The summed E-state index contributed by atoms with van der Waals surface area (Å²) in [7, 11) is 0. The fraction of sp³-hybridized carbons (Fsp3) is 0.333. The van der Waals surface area contributed by atoms with Gasteiger partial charge in [-0.05, 0) is 79.6 Å². The number of nitrogens with one attached hydrogen (secondary N) is 4. The van der Waals surface area contributed by atoms with Crippen molar-refractivity contribution in [2.45, 2.75) is 63.6 Å². The van der Waals surface area contributed by atoms with E-state index in [0.717, 1.165) is 40.6 Å². The topological polar surface area (TPSA) is 116 Å². The van der Waals surface area contributed by atoms with Crippen molar-refractivity contribution in [1.29, 1.82) is 0 Å². The van der Waals surface area contributed by atoms with Crippen LogP contribution in [0, 0.1) is 5.92 Å². The molecule has 1 saturated heterocycles. The number of benzene rings is 4. The van der Waals surface area contributed by atoms with E-state index in [2.05, 4.69) is 21.3 Å². The first-order valence-corrected chi connectivity index (χ1v) is 16.5. The lowest BCUT2D eigenvalue weighted by Crippen LogP contribution is -2.57. The lowest BCUT2D eigenvalue weighted by Gasteiger charge is -2.27. The number of rotatable bonds is 14. The first-order chi connectivity index (χ1) is 22.9. The summed E-state index contributed by atoms with van der Waals surface area (Å²) in [5.41, 5.74) is 2.85. The third-order valence-electron chi connectivity index (χ3n) is 8.88. The molecule has 0 saturated carbocycles. The minimum Gasteiger partial charge on any atom is -0.344 e. The number of carbonyl (C=O) groups is 4. The maximum absolute atomic E-state index is 14.1. The summed E-state index contributed by atoms with van der Waals surface area (Å²) in [5.74, 6) is -1.37. The van der Waals surface area contributed by atoms with Crippen LogP contribution in [0.3, 0.4) is 0 Å². The minimum atomic E-state index is -0.921. The highest BCUT2D eigenvalue weighted by Gasteiger charge is 2.31. The van der Waals surface area contributed by atoms with Gasteiger partial charge in [-0.2, -0.15) is 0 Å². The molecule has 47 heavy (non-hydrogen) atoms. The third-order valence-corrected chi connectivity index (χ3v) is 8.88. The Morgan fingerprint density at radius 3 is 1.89 bits per heavy atom. The maximum Gasteiger partial charge on any atom is 0.243 e. The van der Waals surface area contributed by atoms with Gasteiger partial charge in [0.2, 0.25) is 17.7 Å². The van der Waals surface area contributed by atoms with Crippen molar-refractivity contribution in [2.24, 2.45) is 5.92 Å². The molecule has 1 heterocycles. The van der Waals surface area contributed by atoms with Crippen LogP contribution in [0.2, 0.25) is 0 Å². The zero-order valence-electron chi connectivity index (χ0n) is 26.9. The van der Waals surface area contributed by atoms with Crippen LogP contribution in [-0.4, -0.2) is 54.7 Å². The molecule has 0 aromatic heterocycles. The lowest BCUT2D eigenvalue weighted by molar-refractivity contribution is -0.134. The second kappa shape index (κ2) is 16.7. The number of amides is 3. The van der Waals surface area contributed by atoms with Gasteiger partial charge in [-0.1, -0.05) is 103 Å². The molecule has 3 unspecified atom stereocenters. The Labute approximate surface area is 276 Å². The second-order valence-corrected chi connectivity index (χ2v) is 12.4. The molecule has 3 amide bonds. The van der Waals surface area contributed by atoms with Gasteiger partial charge in [0.15, 0.2) is 5.78 Å². The smallest absolute Gasteiger partial charge is 0.243 e. The highest BCUT2D eigenvalue weighted by Crippen LogP contribution is 2.18. The Morgan fingerprint density at radius 1 is 0.638 bits per heavy atom. The van der Waals surface area contributed by atoms with Gasteiger partial charge in [-0.25, -0.2) is 0 Å². The average Bonchev–Trinajstić information content (AvgIpc) is 3.10. The summed E-state index contributed by atoms with van der Waals surface area (Å²) in [5, 5.41) is 14.3. The fourth-order valence-corrected chi connectivity index (χ4v) is 6.10. The third kappa shape index (κ3) is 9.83. The molecule has 4 aromatic carbocycles. The molecule has 8 heteroatoms. The number of ketones is 1. The minimum absolute atomic E-state index is 0.155. The van der Waals surface area contributed by atoms with Crippen LogP contribution < -0.4 is 21.3 Å². The van der Waals surface area contributed by atoms with Crippen LogP contribution in [0.5, 0.6) is 0 Å². The van der Waals surface area contributed by atoms with E-state index in [0.29, 0.717) is 32.1 Å². The van der Waals surface area contributed by atoms with Crippen LogP contribution in [0.1, 0.15) is 42.9 Å². The molecule has 3 atom stereocenters. The fourth-order valence-electron chi connectivity index (χ4n) is 6.10. The summed E-state index contributed by atoms with van der Waals surface area (Å²) in [6, 6.07) is 30.7. The zero-order valence-corrected chi connectivity index (χ0v) is 26.9. The van der Waals surface area contributed by atoms with Gasteiger partial charge in [0, 0.05) is 12.3 Å². The van der Waals surface area contributed by atoms with Crippen LogP contribution in [-0.2, 0) is 38.4 Å². The molecule has 4 aromatic rings. The number of hydrogen-bond donors (Lipinski definition) is 4. The molecule has 5 rings (SSSR count). The highest BCUT2D eigenvalue weighted by atomic mass is 16.2. The van der Waals surface area contributed by atoms with Gasteiger partial charge >= 0.3 is 0 Å². The van der Waals surface area contributed by atoms with Crippen molar-refractivity contribution in [1.82, 2.24) is 21.3 Å². The molecule has 1 aliphatic rings. The Bertz CT molecular complexity index is 1650. The predicted octanol–water partition coefficient (Wildman–Crippen LogP) is 4.30. The van der Waals surface area contributed by atoms with Crippen molar-refractivity contribution in [2.75, 3.05) is 13.1 Å². The standard InChI is InChI=1S/C39H44N4O4/c1-27(44)35(25-29-12-6-3-7-13-29)42-38(46)34(19-17-28-10-4-2-5-11-28)41-39(47)36(43-37(45)32-20-22-40-23-21-32)26-30-16-18-31-14-8-9-15-33(31)24-30/h2-16,18,24,32,34-36,40H,17,19-23,25-26H2,1H3,(H,41,47)(H,42,46)(H,43,45). The molecule has 4 N–H and O–H groups in total. The predicted molar refractivity (Wildman–Crippen MR) is 185 cm³/mol. The number of aryl methyl sites for hydroxylation is 1. The van der Waals surface area contributed by atoms with Gasteiger partial charge in [0.05, 0.1) is 6.04 Å². The zero-order chi connectivity index (χ0) is 33.0. The van der Waals surface area contributed by atoms with Gasteiger partial charge in [0.25, 0.3) is 0 Å². The Balaban J connectivity index is 1.36. The van der Waals surface area contributed by atoms with E-state index in [-0.39, 0.29) is 24.0 Å². The summed E-state index contributed by atoms with van der Waals surface area (Å²) in [4.78, 5) is 53.9. The van der Waals surface area contributed by atoms with Crippen LogP contribution >= 0.6 is 0 Å². The van der Waals surface area contributed by atoms with E-state index in [9.17, 15) is 19.2 Å². The van der Waals surface area contributed by atoms with Gasteiger partial charge in [0.1, 0.15) is 12.1 Å². The summed E-state index contributed by atoms with van der Waals surface area (Å²) in [6.07, 6.45) is 2.88. The summed E-state index contributed by atoms with van der Waals surface area (Å²) in [6.45, 7) is 2.96. The number of fused-ring (bicyclic) bond motifs is 1. The van der Waals surface area contributed by atoms with Crippen LogP contribution in [0.15, 0.2) is 103 Å². The van der Waals surface area contributed by atoms with Crippen molar-refractivity contribution in [3.63, 3.8) is 0 Å². The van der Waals surface area contributed by atoms with Crippen LogP contribution in [0.4, 0.5) is 0 Å². The van der Waals surface area contributed by atoms with E-state index >= 15 is 0 Å². The molecule has 8 nitrogen and oxygen atoms in total. The van der Waals surface area contributed by atoms with Gasteiger partial charge in [-0.3, -0.25) is 19.2 Å². The molecule has 0 spiro atoms. The van der Waals surface area contributed by atoms with Crippen molar-refractivity contribution in [3.8, 4) is 0 Å². The molecule has 0 radical (unpaired) electrons. The van der Waals surface area contributed by atoms with Gasteiger partial charge in [-0.15, -0.1) is 0 Å².